The first-order valence-electron chi connectivity index (χ1n) is 7.04. The van der Waals surface area contributed by atoms with E-state index in [0.29, 0.717) is 42.4 Å². The summed E-state index contributed by atoms with van der Waals surface area (Å²) in [6.07, 6.45) is 0.660. The molecule has 0 saturated heterocycles. The predicted molar refractivity (Wildman–Crippen MR) is 82.2 cm³/mol. The first-order chi connectivity index (χ1) is 10.7. The minimum Gasteiger partial charge on any atom is -0.489 e. The average molecular weight is 299 g/mol. The number of benzene rings is 2. The van der Waals surface area contributed by atoms with E-state index in [1.807, 2.05) is 30.3 Å². The van der Waals surface area contributed by atoms with Crippen molar-refractivity contribution in [2.24, 2.45) is 0 Å². The lowest BCUT2D eigenvalue weighted by molar-refractivity contribution is 0.0601. The number of nitrogen functional groups attached to an aromatic ring is 1. The number of carbonyl (C=O) groups excluding carboxylic acids is 1. The van der Waals surface area contributed by atoms with Gasteiger partial charge in [-0.15, -0.1) is 0 Å². The summed E-state index contributed by atoms with van der Waals surface area (Å²) in [6, 6.07) is 11.4. The molecule has 0 unspecified atom stereocenters. The van der Waals surface area contributed by atoms with E-state index in [2.05, 4.69) is 0 Å². The van der Waals surface area contributed by atoms with Crippen LogP contribution < -0.4 is 15.2 Å². The molecule has 5 heteroatoms. The fraction of sp³-hybridized carbons (Fsp3) is 0.235. The summed E-state index contributed by atoms with van der Waals surface area (Å²) in [5.74, 6) is 0.670. The van der Waals surface area contributed by atoms with Gasteiger partial charge >= 0.3 is 5.97 Å². The third-order valence-electron chi connectivity index (χ3n) is 3.63. The Morgan fingerprint density at radius 1 is 1.32 bits per heavy atom. The van der Waals surface area contributed by atoms with Crippen LogP contribution in [0.15, 0.2) is 36.4 Å². The molecule has 0 fully saturated rings. The maximum atomic E-state index is 11.9. The van der Waals surface area contributed by atoms with Crippen molar-refractivity contribution in [3.63, 3.8) is 0 Å². The van der Waals surface area contributed by atoms with E-state index in [1.54, 1.807) is 6.07 Å². The molecular weight excluding hydrogens is 282 g/mol. The van der Waals surface area contributed by atoms with Crippen molar-refractivity contribution in [3.8, 4) is 11.5 Å². The standard InChI is InChI=1S/C17H17NO4/c1-20-17(19)13-9-14(16-12(15(13)18)7-8-21-16)22-10-11-5-3-2-4-6-11/h2-6,9H,7-8,10,18H2,1H3. The number of hydrogen-bond donors (Lipinski definition) is 1. The van der Waals surface area contributed by atoms with Gasteiger partial charge < -0.3 is 19.9 Å². The second-order valence-corrected chi connectivity index (χ2v) is 5.01. The summed E-state index contributed by atoms with van der Waals surface area (Å²) < 4.78 is 16.2. The van der Waals surface area contributed by atoms with Crippen molar-refractivity contribution in [1.29, 1.82) is 0 Å². The van der Waals surface area contributed by atoms with Crippen molar-refractivity contribution >= 4 is 11.7 Å². The molecule has 0 atom stereocenters. The van der Waals surface area contributed by atoms with Crippen LogP contribution in [0, 0.1) is 0 Å². The summed E-state index contributed by atoms with van der Waals surface area (Å²) in [5.41, 5.74) is 8.62. The molecule has 0 saturated carbocycles. The van der Waals surface area contributed by atoms with E-state index in [9.17, 15) is 4.79 Å². The molecule has 2 aromatic rings. The van der Waals surface area contributed by atoms with Gasteiger partial charge in [0.25, 0.3) is 0 Å². The second kappa shape index (κ2) is 5.97. The highest BCUT2D eigenvalue weighted by atomic mass is 16.5. The third-order valence-corrected chi connectivity index (χ3v) is 3.63. The molecule has 0 amide bonds. The molecule has 1 aliphatic heterocycles. The number of rotatable bonds is 4. The van der Waals surface area contributed by atoms with Crippen molar-refractivity contribution in [2.45, 2.75) is 13.0 Å². The normalized spacial score (nSPS) is 12.4. The number of esters is 1. The molecule has 22 heavy (non-hydrogen) atoms. The van der Waals surface area contributed by atoms with Crippen molar-refractivity contribution in [2.75, 3.05) is 19.5 Å². The van der Waals surface area contributed by atoms with Crippen molar-refractivity contribution < 1.29 is 19.0 Å². The van der Waals surface area contributed by atoms with Gasteiger partial charge in [0.2, 0.25) is 0 Å². The highest BCUT2D eigenvalue weighted by Crippen LogP contribution is 2.41. The molecular formula is C17H17NO4. The molecule has 5 nitrogen and oxygen atoms in total. The number of fused-ring (bicyclic) bond motifs is 1. The van der Waals surface area contributed by atoms with Crippen LogP contribution in [0.4, 0.5) is 5.69 Å². The number of methoxy groups -OCH3 is 1. The second-order valence-electron chi connectivity index (χ2n) is 5.01. The molecule has 2 aromatic carbocycles. The number of carbonyl (C=O) groups is 1. The maximum absolute atomic E-state index is 11.9. The van der Waals surface area contributed by atoms with Crippen LogP contribution in [0.25, 0.3) is 0 Å². The van der Waals surface area contributed by atoms with Gasteiger partial charge in [-0.25, -0.2) is 4.79 Å². The number of hydrogen-bond acceptors (Lipinski definition) is 5. The van der Waals surface area contributed by atoms with Gasteiger partial charge in [0.15, 0.2) is 11.5 Å². The van der Waals surface area contributed by atoms with E-state index in [4.69, 9.17) is 19.9 Å². The first kappa shape index (κ1) is 14.3. The molecule has 1 heterocycles. The van der Waals surface area contributed by atoms with Crippen LogP contribution >= 0.6 is 0 Å². The lowest BCUT2D eigenvalue weighted by Crippen LogP contribution is -2.08. The molecule has 0 bridgehead atoms. The Bertz CT molecular complexity index is 698. The Morgan fingerprint density at radius 2 is 2.09 bits per heavy atom. The summed E-state index contributed by atoms with van der Waals surface area (Å²) in [6.45, 7) is 0.924. The van der Waals surface area contributed by atoms with E-state index < -0.39 is 5.97 Å². The quantitative estimate of drug-likeness (QED) is 0.694. The van der Waals surface area contributed by atoms with Gasteiger partial charge in [0, 0.05) is 18.1 Å². The molecule has 0 spiro atoms. The highest BCUT2D eigenvalue weighted by molar-refractivity contribution is 5.97. The Morgan fingerprint density at radius 3 is 2.82 bits per heavy atom. The SMILES string of the molecule is COC(=O)c1cc(OCc2ccccc2)c2c(c1N)CCO2. The van der Waals surface area contributed by atoms with Crippen molar-refractivity contribution in [1.82, 2.24) is 0 Å². The fourth-order valence-electron chi connectivity index (χ4n) is 2.49. The van der Waals surface area contributed by atoms with Gasteiger partial charge in [-0.1, -0.05) is 30.3 Å². The Hall–Kier alpha value is -2.69. The van der Waals surface area contributed by atoms with Crippen LogP contribution in [0.5, 0.6) is 11.5 Å². The van der Waals surface area contributed by atoms with Crippen LogP contribution in [-0.2, 0) is 17.8 Å². The molecule has 2 N–H and O–H groups in total. The van der Waals surface area contributed by atoms with Crippen LogP contribution in [0.2, 0.25) is 0 Å². The summed E-state index contributed by atoms with van der Waals surface area (Å²) in [4.78, 5) is 11.9. The molecule has 1 aliphatic rings. The lowest BCUT2D eigenvalue weighted by atomic mass is 10.0. The van der Waals surface area contributed by atoms with Crippen LogP contribution in [0.1, 0.15) is 21.5 Å². The molecule has 0 aromatic heterocycles. The van der Waals surface area contributed by atoms with E-state index in [-0.39, 0.29) is 0 Å². The lowest BCUT2D eigenvalue weighted by Gasteiger charge is -2.14. The Balaban J connectivity index is 1.93. The van der Waals surface area contributed by atoms with Gasteiger partial charge in [0.05, 0.1) is 25.0 Å². The summed E-state index contributed by atoms with van der Waals surface area (Å²) in [7, 11) is 1.33. The summed E-state index contributed by atoms with van der Waals surface area (Å²) >= 11 is 0. The minimum atomic E-state index is -0.475. The number of anilines is 1. The number of ether oxygens (including phenoxy) is 3. The van der Waals surface area contributed by atoms with E-state index in [1.165, 1.54) is 7.11 Å². The molecule has 0 aliphatic carbocycles. The summed E-state index contributed by atoms with van der Waals surface area (Å²) in [5, 5.41) is 0. The van der Waals surface area contributed by atoms with E-state index in [0.717, 1.165) is 11.1 Å². The predicted octanol–water partition coefficient (Wildman–Crippen LogP) is 2.57. The first-order valence-corrected chi connectivity index (χ1v) is 7.04. The molecule has 0 radical (unpaired) electrons. The van der Waals surface area contributed by atoms with Crippen molar-refractivity contribution in [3.05, 3.63) is 53.1 Å². The van der Waals surface area contributed by atoms with Gasteiger partial charge in [-0.05, 0) is 5.56 Å². The third kappa shape index (κ3) is 2.57. The van der Waals surface area contributed by atoms with E-state index >= 15 is 0 Å². The smallest absolute Gasteiger partial charge is 0.340 e. The monoisotopic (exact) mass is 299 g/mol. The topological polar surface area (TPSA) is 70.8 Å². The molecule has 114 valence electrons. The van der Waals surface area contributed by atoms with Gasteiger partial charge in [-0.2, -0.15) is 0 Å². The van der Waals surface area contributed by atoms with Crippen LogP contribution in [0.3, 0.4) is 0 Å². The minimum absolute atomic E-state index is 0.315. The molecule has 3 rings (SSSR count). The van der Waals surface area contributed by atoms with Crippen LogP contribution in [-0.4, -0.2) is 19.7 Å². The zero-order chi connectivity index (χ0) is 15.5. The largest absolute Gasteiger partial charge is 0.489 e. The Labute approximate surface area is 128 Å². The van der Waals surface area contributed by atoms with Gasteiger partial charge in [0.1, 0.15) is 6.61 Å². The zero-order valence-electron chi connectivity index (χ0n) is 12.3. The van der Waals surface area contributed by atoms with Gasteiger partial charge in [-0.3, -0.25) is 0 Å². The number of nitrogens with two attached hydrogens (primary N) is 1. The Kier molecular flexibility index (Phi) is 3.87. The highest BCUT2D eigenvalue weighted by Gasteiger charge is 2.26. The fourth-order valence-corrected chi connectivity index (χ4v) is 2.49. The maximum Gasteiger partial charge on any atom is 0.340 e. The average Bonchev–Trinajstić information content (AvgIpc) is 3.05. The zero-order valence-corrected chi connectivity index (χ0v) is 12.3.